The molecule has 0 aromatic carbocycles. The maximum atomic E-state index is 10.4. The molecule has 0 spiro atoms. The molecule has 0 aliphatic heterocycles. The van der Waals surface area contributed by atoms with Gasteiger partial charge in [-0.25, -0.2) is 0 Å². The van der Waals surface area contributed by atoms with Gasteiger partial charge in [0.15, 0.2) is 0 Å². The van der Waals surface area contributed by atoms with Crippen LogP contribution in [-0.4, -0.2) is 40.3 Å². The molecule has 1 atom stereocenters. The molecule has 0 aliphatic carbocycles. The smallest absolute Gasteiger partial charge is 0.321 e. The van der Waals surface area contributed by atoms with Crippen molar-refractivity contribution in [2.45, 2.75) is 38.1 Å². The molecule has 0 radical (unpaired) electrons. The molecule has 0 heterocycles. The molecule has 0 saturated carbocycles. The molecule has 0 saturated heterocycles. The van der Waals surface area contributed by atoms with Crippen LogP contribution in [0.3, 0.4) is 0 Å². The number of carboxylic acid groups (broad SMARTS) is 1. The van der Waals surface area contributed by atoms with Crippen molar-refractivity contribution in [2.24, 2.45) is 5.73 Å². The lowest BCUT2D eigenvalue weighted by molar-refractivity contribution is -0.137. The van der Waals surface area contributed by atoms with E-state index in [0.717, 1.165) is 37.9 Å². The molecule has 0 rings (SSSR count). The minimum atomic E-state index is -0.926. The van der Waals surface area contributed by atoms with E-state index in [0.29, 0.717) is 5.75 Å². The average molecular weight is 235 g/mol. The number of carboxylic acids is 1. The van der Waals surface area contributed by atoms with Gasteiger partial charge >= 0.3 is 5.97 Å². The average Bonchev–Trinajstić information content (AvgIpc) is 2.21. The Labute approximate surface area is 95.2 Å². The maximum absolute atomic E-state index is 10.4. The fraction of sp³-hybridized carbons (Fsp3) is 0.900. The van der Waals surface area contributed by atoms with E-state index in [1.165, 1.54) is 0 Å². The number of nitrogens with two attached hydrogens (primary N) is 1. The van der Waals surface area contributed by atoms with Crippen molar-refractivity contribution in [2.75, 3.05) is 18.1 Å². The van der Waals surface area contributed by atoms with Crippen molar-refractivity contribution in [1.82, 2.24) is 0 Å². The highest BCUT2D eigenvalue weighted by molar-refractivity contribution is 7.99. The number of aliphatic carboxylic acids is 1. The van der Waals surface area contributed by atoms with Crippen LogP contribution in [0.15, 0.2) is 0 Å². The first-order valence-electron chi connectivity index (χ1n) is 5.35. The minimum Gasteiger partial charge on any atom is -0.480 e. The Morgan fingerprint density at radius 2 is 1.80 bits per heavy atom. The first-order valence-corrected chi connectivity index (χ1v) is 6.51. The number of hydrogen-bond acceptors (Lipinski definition) is 4. The summed E-state index contributed by atoms with van der Waals surface area (Å²) in [6.07, 6.45) is 5.36. The molecule has 0 fully saturated rings. The summed E-state index contributed by atoms with van der Waals surface area (Å²) < 4.78 is 0. The van der Waals surface area contributed by atoms with E-state index in [4.69, 9.17) is 15.9 Å². The van der Waals surface area contributed by atoms with Crippen LogP contribution in [0.4, 0.5) is 0 Å². The van der Waals surface area contributed by atoms with E-state index >= 15 is 0 Å². The molecule has 0 aliphatic rings. The van der Waals surface area contributed by atoms with E-state index in [1.54, 1.807) is 11.8 Å². The van der Waals surface area contributed by atoms with Crippen LogP contribution in [0.25, 0.3) is 0 Å². The number of aliphatic hydroxyl groups is 1. The van der Waals surface area contributed by atoms with Crippen LogP contribution in [-0.2, 0) is 4.79 Å². The molecule has 15 heavy (non-hydrogen) atoms. The largest absolute Gasteiger partial charge is 0.480 e. The Balaban J connectivity index is 3.08. The summed E-state index contributed by atoms with van der Waals surface area (Å²) >= 11 is 1.60. The monoisotopic (exact) mass is 235 g/mol. The summed E-state index contributed by atoms with van der Waals surface area (Å²) in [5.74, 6) is 0.539. The van der Waals surface area contributed by atoms with Gasteiger partial charge in [-0.2, -0.15) is 11.8 Å². The zero-order chi connectivity index (χ0) is 11.5. The summed E-state index contributed by atoms with van der Waals surface area (Å²) in [6.45, 7) is 0.280. The highest BCUT2D eigenvalue weighted by atomic mass is 32.2. The van der Waals surface area contributed by atoms with E-state index < -0.39 is 12.0 Å². The molecule has 4 N–H and O–H groups in total. The fourth-order valence-corrected chi connectivity index (χ4v) is 2.10. The van der Waals surface area contributed by atoms with E-state index in [1.807, 2.05) is 0 Å². The lowest BCUT2D eigenvalue weighted by Crippen LogP contribution is -2.32. The highest BCUT2D eigenvalue weighted by Crippen LogP contribution is 2.09. The molecule has 0 aromatic heterocycles. The molecule has 90 valence electrons. The second kappa shape index (κ2) is 10.3. The van der Waals surface area contributed by atoms with E-state index in [9.17, 15) is 4.79 Å². The van der Waals surface area contributed by atoms with Crippen molar-refractivity contribution in [1.29, 1.82) is 0 Å². The lowest BCUT2D eigenvalue weighted by Gasteiger charge is -2.05. The summed E-state index contributed by atoms with van der Waals surface area (Å²) in [4.78, 5) is 10.4. The SMILES string of the molecule is N[C@@H](CSCCCCCCCO)C(=O)O. The molecule has 0 aromatic rings. The first kappa shape index (κ1) is 14.7. The molecule has 0 unspecified atom stereocenters. The van der Waals surface area contributed by atoms with Gasteiger partial charge in [0, 0.05) is 12.4 Å². The van der Waals surface area contributed by atoms with Crippen LogP contribution in [0.5, 0.6) is 0 Å². The minimum absolute atomic E-state index is 0.280. The molecule has 5 heteroatoms. The summed E-state index contributed by atoms with van der Waals surface area (Å²) in [5.41, 5.74) is 5.35. The molecule has 0 amide bonds. The van der Waals surface area contributed by atoms with Gasteiger partial charge in [-0.15, -0.1) is 0 Å². The van der Waals surface area contributed by atoms with Crippen molar-refractivity contribution < 1.29 is 15.0 Å². The van der Waals surface area contributed by atoms with Gasteiger partial charge in [-0.1, -0.05) is 19.3 Å². The summed E-state index contributed by atoms with van der Waals surface area (Å²) in [7, 11) is 0. The predicted molar refractivity (Wildman–Crippen MR) is 63.1 cm³/mol. The number of rotatable bonds is 10. The second-order valence-corrected chi connectivity index (χ2v) is 4.66. The van der Waals surface area contributed by atoms with Gasteiger partial charge in [0.05, 0.1) is 0 Å². The van der Waals surface area contributed by atoms with Crippen LogP contribution in [0.1, 0.15) is 32.1 Å². The zero-order valence-corrected chi connectivity index (χ0v) is 9.84. The van der Waals surface area contributed by atoms with Crippen molar-refractivity contribution in [3.8, 4) is 0 Å². The van der Waals surface area contributed by atoms with Crippen molar-refractivity contribution in [3.63, 3.8) is 0 Å². The van der Waals surface area contributed by atoms with Crippen molar-refractivity contribution >= 4 is 17.7 Å². The van der Waals surface area contributed by atoms with Crippen LogP contribution in [0.2, 0.25) is 0 Å². The lowest BCUT2D eigenvalue weighted by atomic mass is 10.2. The Bertz CT molecular complexity index is 167. The van der Waals surface area contributed by atoms with Gasteiger partial charge < -0.3 is 15.9 Å². The van der Waals surface area contributed by atoms with E-state index in [-0.39, 0.29) is 6.61 Å². The van der Waals surface area contributed by atoms with Gasteiger partial charge in [0.2, 0.25) is 0 Å². The third-order valence-corrected chi connectivity index (χ3v) is 3.23. The van der Waals surface area contributed by atoms with Gasteiger partial charge in [-0.05, 0) is 18.6 Å². The Kier molecular flexibility index (Phi) is 10.1. The van der Waals surface area contributed by atoms with Crippen LogP contribution in [0, 0.1) is 0 Å². The zero-order valence-electron chi connectivity index (χ0n) is 9.02. The summed E-state index contributed by atoms with van der Waals surface area (Å²) in [5, 5.41) is 17.1. The summed E-state index contributed by atoms with van der Waals surface area (Å²) in [6, 6.07) is -0.732. The standard InChI is InChI=1S/C10H21NO3S/c11-9(10(13)14)8-15-7-5-3-1-2-4-6-12/h9,12H,1-8,11H2,(H,13,14)/t9-/m0/s1. The molecule has 4 nitrogen and oxygen atoms in total. The van der Waals surface area contributed by atoms with Crippen LogP contribution >= 0.6 is 11.8 Å². The van der Waals surface area contributed by atoms with E-state index in [2.05, 4.69) is 0 Å². The maximum Gasteiger partial charge on any atom is 0.321 e. The normalized spacial score (nSPS) is 12.7. The Hall–Kier alpha value is -0.260. The highest BCUT2D eigenvalue weighted by Gasteiger charge is 2.09. The topological polar surface area (TPSA) is 83.5 Å². The van der Waals surface area contributed by atoms with Gasteiger partial charge in [0.1, 0.15) is 6.04 Å². The Morgan fingerprint density at radius 1 is 1.20 bits per heavy atom. The Morgan fingerprint density at radius 3 is 2.40 bits per heavy atom. The first-order chi connectivity index (χ1) is 7.18. The van der Waals surface area contributed by atoms with Crippen molar-refractivity contribution in [3.05, 3.63) is 0 Å². The fourth-order valence-electron chi connectivity index (χ4n) is 1.13. The third kappa shape index (κ3) is 10.0. The van der Waals surface area contributed by atoms with Gasteiger partial charge in [0.25, 0.3) is 0 Å². The predicted octanol–water partition coefficient (Wildman–Crippen LogP) is 1.07. The number of aliphatic hydroxyl groups excluding tert-OH is 1. The molecular formula is C10H21NO3S. The number of carbonyl (C=O) groups is 1. The van der Waals surface area contributed by atoms with Crippen LogP contribution < -0.4 is 5.73 Å². The number of thioether (sulfide) groups is 1. The number of hydrogen-bond donors (Lipinski definition) is 3. The molecular weight excluding hydrogens is 214 g/mol. The number of unbranched alkanes of at least 4 members (excludes halogenated alkanes) is 4. The molecule has 0 bridgehead atoms. The third-order valence-electron chi connectivity index (χ3n) is 2.06. The second-order valence-electron chi connectivity index (χ2n) is 3.51. The quantitative estimate of drug-likeness (QED) is 0.493. The van der Waals surface area contributed by atoms with Gasteiger partial charge in [-0.3, -0.25) is 4.79 Å².